The Hall–Kier alpha value is -1.53. The zero-order chi connectivity index (χ0) is 16.1. The first-order chi connectivity index (χ1) is 10.5. The Bertz CT molecular complexity index is 477. The summed E-state index contributed by atoms with van der Waals surface area (Å²) in [5.41, 5.74) is -1.78. The van der Waals surface area contributed by atoms with Crippen LogP contribution >= 0.6 is 0 Å². The topological polar surface area (TPSA) is 90.0 Å². The number of aliphatic imine (C=N–C) groups is 1. The lowest BCUT2D eigenvalue weighted by Crippen LogP contribution is -2.50. The van der Waals surface area contributed by atoms with Crippen LogP contribution in [0, 0.1) is 0 Å². The summed E-state index contributed by atoms with van der Waals surface area (Å²) in [5, 5.41) is 27.1. The Morgan fingerprint density at radius 2 is 2.09 bits per heavy atom. The summed E-state index contributed by atoms with van der Waals surface area (Å²) in [6, 6.07) is 3.48. The molecule has 0 bridgehead atoms. The van der Waals surface area contributed by atoms with Crippen molar-refractivity contribution in [2.75, 3.05) is 20.1 Å². The summed E-state index contributed by atoms with van der Waals surface area (Å²) in [5.74, 6) is 1.06. The van der Waals surface area contributed by atoms with E-state index in [4.69, 9.17) is 4.42 Å². The van der Waals surface area contributed by atoms with E-state index in [2.05, 4.69) is 15.6 Å². The molecular formula is C16H27N3O3. The van der Waals surface area contributed by atoms with Crippen LogP contribution in [0.4, 0.5) is 0 Å². The molecule has 2 rings (SSSR count). The minimum atomic E-state index is -1.12. The third-order valence-electron chi connectivity index (χ3n) is 4.24. The zero-order valence-corrected chi connectivity index (χ0v) is 13.4. The van der Waals surface area contributed by atoms with Crippen molar-refractivity contribution in [3.8, 4) is 0 Å². The van der Waals surface area contributed by atoms with Gasteiger partial charge in [0.05, 0.1) is 18.4 Å². The summed E-state index contributed by atoms with van der Waals surface area (Å²) < 4.78 is 5.25. The molecule has 1 aliphatic carbocycles. The molecule has 124 valence electrons. The molecule has 1 heterocycles. The Labute approximate surface area is 131 Å². The summed E-state index contributed by atoms with van der Waals surface area (Å²) in [7, 11) is 1.67. The lowest BCUT2D eigenvalue weighted by atomic mass is 9.85. The number of rotatable bonds is 5. The summed E-state index contributed by atoms with van der Waals surface area (Å²) in [6.07, 6.45) is 6.51. The Morgan fingerprint density at radius 3 is 2.68 bits per heavy atom. The molecule has 0 amide bonds. The highest BCUT2D eigenvalue weighted by Crippen LogP contribution is 2.27. The van der Waals surface area contributed by atoms with Gasteiger partial charge in [0, 0.05) is 13.6 Å². The van der Waals surface area contributed by atoms with Crippen molar-refractivity contribution in [2.45, 2.75) is 50.2 Å². The predicted molar refractivity (Wildman–Crippen MR) is 85.7 cm³/mol. The Morgan fingerprint density at radius 1 is 1.36 bits per heavy atom. The zero-order valence-electron chi connectivity index (χ0n) is 13.4. The summed E-state index contributed by atoms with van der Waals surface area (Å²) in [6.45, 7) is 2.41. The summed E-state index contributed by atoms with van der Waals surface area (Å²) in [4.78, 5) is 4.13. The van der Waals surface area contributed by atoms with E-state index in [1.54, 1.807) is 26.1 Å². The molecular weight excluding hydrogens is 282 g/mol. The van der Waals surface area contributed by atoms with Crippen molar-refractivity contribution in [1.82, 2.24) is 10.6 Å². The molecule has 1 aliphatic rings. The predicted octanol–water partition coefficient (Wildman–Crippen LogP) is 1.35. The molecule has 1 unspecified atom stereocenters. The second-order valence-corrected chi connectivity index (χ2v) is 6.32. The van der Waals surface area contributed by atoms with E-state index in [1.165, 1.54) is 12.7 Å². The first kappa shape index (κ1) is 16.8. The van der Waals surface area contributed by atoms with Gasteiger partial charge in [-0.15, -0.1) is 0 Å². The highest BCUT2D eigenvalue weighted by molar-refractivity contribution is 5.79. The SMILES string of the molecule is CN=C(NCC1(O)CCCCC1)NCC(C)(O)c1ccco1. The monoisotopic (exact) mass is 309 g/mol. The Balaban J connectivity index is 1.82. The molecule has 1 aromatic rings. The van der Waals surface area contributed by atoms with Crippen LogP contribution in [-0.4, -0.2) is 41.9 Å². The molecule has 22 heavy (non-hydrogen) atoms. The van der Waals surface area contributed by atoms with Crippen LogP contribution in [-0.2, 0) is 5.60 Å². The van der Waals surface area contributed by atoms with Crippen molar-refractivity contribution in [2.24, 2.45) is 4.99 Å². The number of hydrogen-bond acceptors (Lipinski definition) is 4. The number of nitrogens with zero attached hydrogens (tertiary/aromatic N) is 1. The van der Waals surface area contributed by atoms with Crippen LogP contribution in [0.25, 0.3) is 0 Å². The average Bonchev–Trinajstić information content (AvgIpc) is 3.03. The molecule has 1 saturated carbocycles. The lowest BCUT2D eigenvalue weighted by molar-refractivity contribution is 0.00833. The largest absolute Gasteiger partial charge is 0.466 e. The van der Waals surface area contributed by atoms with Crippen molar-refractivity contribution in [3.05, 3.63) is 24.2 Å². The van der Waals surface area contributed by atoms with Gasteiger partial charge in [0.15, 0.2) is 5.96 Å². The van der Waals surface area contributed by atoms with Gasteiger partial charge in [0.25, 0.3) is 0 Å². The minimum absolute atomic E-state index is 0.263. The number of hydrogen-bond donors (Lipinski definition) is 4. The first-order valence-electron chi connectivity index (χ1n) is 7.88. The second kappa shape index (κ2) is 7.15. The molecule has 4 N–H and O–H groups in total. The van der Waals surface area contributed by atoms with Crippen LogP contribution in [0.5, 0.6) is 0 Å². The first-order valence-corrected chi connectivity index (χ1v) is 7.88. The smallest absolute Gasteiger partial charge is 0.191 e. The number of nitrogens with one attached hydrogen (secondary N) is 2. The van der Waals surface area contributed by atoms with Gasteiger partial charge in [-0.2, -0.15) is 0 Å². The summed E-state index contributed by atoms with van der Waals surface area (Å²) >= 11 is 0. The fourth-order valence-corrected chi connectivity index (χ4v) is 2.78. The van der Waals surface area contributed by atoms with Gasteiger partial charge in [-0.1, -0.05) is 19.3 Å². The maximum atomic E-state index is 10.5. The third-order valence-corrected chi connectivity index (χ3v) is 4.24. The quantitative estimate of drug-likeness (QED) is 0.487. The maximum Gasteiger partial charge on any atom is 0.191 e. The van der Waals surface area contributed by atoms with Gasteiger partial charge < -0.3 is 25.3 Å². The van der Waals surface area contributed by atoms with E-state index >= 15 is 0 Å². The number of aliphatic hydroxyl groups is 2. The molecule has 6 nitrogen and oxygen atoms in total. The van der Waals surface area contributed by atoms with Crippen molar-refractivity contribution in [3.63, 3.8) is 0 Å². The molecule has 0 aromatic carbocycles. The molecule has 1 fully saturated rings. The Kier molecular flexibility index (Phi) is 5.47. The van der Waals surface area contributed by atoms with E-state index in [0.717, 1.165) is 25.7 Å². The van der Waals surface area contributed by atoms with Gasteiger partial charge in [0.2, 0.25) is 0 Å². The van der Waals surface area contributed by atoms with E-state index in [9.17, 15) is 10.2 Å². The molecule has 0 spiro atoms. The van der Waals surface area contributed by atoms with Gasteiger partial charge >= 0.3 is 0 Å². The molecule has 0 saturated heterocycles. The van der Waals surface area contributed by atoms with Crippen molar-refractivity contribution in [1.29, 1.82) is 0 Å². The van der Waals surface area contributed by atoms with E-state index in [1.807, 2.05) is 0 Å². The fraction of sp³-hybridized carbons (Fsp3) is 0.688. The van der Waals surface area contributed by atoms with Crippen LogP contribution in [0.1, 0.15) is 44.8 Å². The second-order valence-electron chi connectivity index (χ2n) is 6.32. The van der Waals surface area contributed by atoms with Crippen LogP contribution in [0.15, 0.2) is 27.8 Å². The third kappa shape index (κ3) is 4.48. The number of guanidine groups is 1. The molecule has 0 radical (unpaired) electrons. The molecule has 1 aromatic heterocycles. The molecule has 0 aliphatic heterocycles. The minimum Gasteiger partial charge on any atom is -0.466 e. The van der Waals surface area contributed by atoms with E-state index in [-0.39, 0.29) is 6.54 Å². The van der Waals surface area contributed by atoms with Gasteiger partial charge in [-0.25, -0.2) is 0 Å². The normalized spacial score (nSPS) is 21.2. The molecule has 1 atom stereocenters. The van der Waals surface area contributed by atoms with Gasteiger partial charge in [-0.05, 0) is 31.9 Å². The lowest BCUT2D eigenvalue weighted by Gasteiger charge is -2.33. The fourth-order valence-electron chi connectivity index (χ4n) is 2.78. The van der Waals surface area contributed by atoms with Crippen LogP contribution < -0.4 is 10.6 Å². The van der Waals surface area contributed by atoms with E-state index in [0.29, 0.717) is 18.3 Å². The maximum absolute atomic E-state index is 10.5. The highest BCUT2D eigenvalue weighted by Gasteiger charge is 2.30. The van der Waals surface area contributed by atoms with Gasteiger partial charge in [0.1, 0.15) is 11.4 Å². The van der Waals surface area contributed by atoms with Crippen molar-refractivity contribution >= 4 is 5.96 Å². The van der Waals surface area contributed by atoms with Crippen LogP contribution in [0.3, 0.4) is 0 Å². The standard InChI is InChI=1S/C16H27N3O3/c1-15(20,13-7-6-10-22-13)11-18-14(17-2)19-12-16(21)8-4-3-5-9-16/h6-7,10,20-21H,3-5,8-9,11-12H2,1-2H3,(H2,17,18,19). The highest BCUT2D eigenvalue weighted by atomic mass is 16.4. The average molecular weight is 309 g/mol. The molecule has 6 heteroatoms. The van der Waals surface area contributed by atoms with Crippen molar-refractivity contribution < 1.29 is 14.6 Å². The number of furan rings is 1. The van der Waals surface area contributed by atoms with Gasteiger partial charge in [-0.3, -0.25) is 4.99 Å². The van der Waals surface area contributed by atoms with E-state index < -0.39 is 11.2 Å². The van der Waals surface area contributed by atoms with Crippen LogP contribution in [0.2, 0.25) is 0 Å².